The lowest BCUT2D eigenvalue weighted by atomic mass is 9.84. The molecule has 5 heteroatoms. The van der Waals surface area contributed by atoms with Crippen molar-refractivity contribution in [3.63, 3.8) is 0 Å². The number of hydrogen-bond acceptors (Lipinski definition) is 3. The Balaban J connectivity index is 1.35. The third kappa shape index (κ3) is 7.29. The molecule has 1 atom stereocenters. The smallest absolute Gasteiger partial charge is 0.120 e. The highest BCUT2D eigenvalue weighted by molar-refractivity contribution is 6.31. The maximum atomic E-state index is 6.43. The van der Waals surface area contributed by atoms with Gasteiger partial charge in [-0.15, -0.1) is 0 Å². The zero-order chi connectivity index (χ0) is 19.9. The lowest BCUT2D eigenvalue weighted by molar-refractivity contribution is 0.00612. The molecule has 3 rings (SSSR count). The van der Waals surface area contributed by atoms with Crippen LogP contribution in [-0.2, 0) is 11.3 Å². The van der Waals surface area contributed by atoms with Crippen molar-refractivity contribution in [2.45, 2.75) is 84.0 Å². The predicted molar refractivity (Wildman–Crippen MR) is 116 cm³/mol. The topological polar surface area (TPSA) is 56.8 Å². The van der Waals surface area contributed by atoms with Crippen LogP contribution in [0.1, 0.15) is 70.8 Å². The summed E-state index contributed by atoms with van der Waals surface area (Å²) in [6.45, 7) is 5.40. The Morgan fingerprint density at radius 1 is 1.18 bits per heavy atom. The Morgan fingerprint density at radius 2 is 1.89 bits per heavy atom. The Hall–Kier alpha value is -1.26. The fraction of sp³-hybridized carbons (Fsp3) is 0.696. The fourth-order valence-electron chi connectivity index (χ4n) is 3.92. The van der Waals surface area contributed by atoms with Crippen molar-refractivity contribution < 1.29 is 9.47 Å². The molecule has 156 valence electrons. The first-order valence-corrected chi connectivity index (χ1v) is 11.2. The van der Waals surface area contributed by atoms with Crippen LogP contribution in [0.25, 0.3) is 0 Å². The van der Waals surface area contributed by atoms with Crippen LogP contribution in [0.2, 0.25) is 5.02 Å². The van der Waals surface area contributed by atoms with E-state index < -0.39 is 0 Å². The summed E-state index contributed by atoms with van der Waals surface area (Å²) in [5.74, 6) is 3.09. The second kappa shape index (κ2) is 10.5. The lowest BCUT2D eigenvalue weighted by Crippen LogP contribution is -2.22. The summed E-state index contributed by atoms with van der Waals surface area (Å²) in [6, 6.07) is 6.30. The van der Waals surface area contributed by atoms with Gasteiger partial charge >= 0.3 is 0 Å². The summed E-state index contributed by atoms with van der Waals surface area (Å²) < 4.78 is 12.0. The third-order valence-electron chi connectivity index (χ3n) is 5.89. The Morgan fingerprint density at radius 3 is 2.54 bits per heavy atom. The SMILES string of the molecule is CC(N)=N[C@@H](C)CCC1CCC(OCc2ccc(OCC3CC3)cc2Cl)CC1. The number of benzene rings is 1. The van der Waals surface area contributed by atoms with Gasteiger partial charge in [-0.05, 0) is 94.7 Å². The summed E-state index contributed by atoms with van der Waals surface area (Å²) in [6.07, 6.45) is 10.0. The first-order valence-electron chi connectivity index (χ1n) is 10.8. The van der Waals surface area contributed by atoms with Gasteiger partial charge in [-0.3, -0.25) is 4.99 Å². The van der Waals surface area contributed by atoms with Crippen LogP contribution < -0.4 is 10.5 Å². The van der Waals surface area contributed by atoms with Crippen molar-refractivity contribution in [2.24, 2.45) is 22.6 Å². The molecule has 0 radical (unpaired) electrons. The maximum absolute atomic E-state index is 6.43. The molecule has 2 N–H and O–H groups in total. The highest BCUT2D eigenvalue weighted by Crippen LogP contribution is 2.32. The minimum atomic E-state index is 0.331. The molecular formula is C23H35ClN2O2. The molecule has 28 heavy (non-hydrogen) atoms. The molecule has 2 saturated carbocycles. The predicted octanol–water partition coefficient (Wildman–Crippen LogP) is 5.75. The highest BCUT2D eigenvalue weighted by Gasteiger charge is 2.23. The number of nitrogens with zero attached hydrogens (tertiary/aromatic N) is 1. The molecule has 4 nitrogen and oxygen atoms in total. The number of halogens is 1. The van der Waals surface area contributed by atoms with Crippen LogP contribution in [0.4, 0.5) is 0 Å². The monoisotopic (exact) mass is 406 g/mol. The van der Waals surface area contributed by atoms with Crippen LogP contribution in [0.5, 0.6) is 5.75 Å². The molecular weight excluding hydrogens is 372 g/mol. The molecule has 0 spiro atoms. The van der Waals surface area contributed by atoms with Gasteiger partial charge in [0.2, 0.25) is 0 Å². The minimum Gasteiger partial charge on any atom is -0.493 e. The van der Waals surface area contributed by atoms with Gasteiger partial charge in [-0.25, -0.2) is 0 Å². The van der Waals surface area contributed by atoms with Crippen molar-refractivity contribution in [3.8, 4) is 5.75 Å². The van der Waals surface area contributed by atoms with Crippen LogP contribution >= 0.6 is 11.6 Å². The van der Waals surface area contributed by atoms with E-state index in [1.54, 1.807) is 0 Å². The number of amidine groups is 1. The van der Waals surface area contributed by atoms with Gasteiger partial charge in [-0.2, -0.15) is 0 Å². The zero-order valence-corrected chi connectivity index (χ0v) is 18.1. The van der Waals surface area contributed by atoms with Crippen molar-refractivity contribution in [1.29, 1.82) is 0 Å². The highest BCUT2D eigenvalue weighted by atomic mass is 35.5. The molecule has 2 aliphatic carbocycles. The molecule has 0 bridgehead atoms. The van der Waals surface area contributed by atoms with E-state index in [-0.39, 0.29) is 0 Å². The van der Waals surface area contributed by atoms with E-state index in [0.29, 0.717) is 24.6 Å². The van der Waals surface area contributed by atoms with Crippen LogP contribution in [0, 0.1) is 11.8 Å². The van der Waals surface area contributed by atoms with Crippen LogP contribution in [-0.4, -0.2) is 24.6 Å². The number of hydrogen-bond donors (Lipinski definition) is 1. The summed E-state index contributed by atoms with van der Waals surface area (Å²) in [4.78, 5) is 4.43. The van der Waals surface area contributed by atoms with Gasteiger partial charge in [0.15, 0.2) is 0 Å². The van der Waals surface area contributed by atoms with E-state index in [0.717, 1.165) is 54.0 Å². The molecule has 0 aromatic heterocycles. The lowest BCUT2D eigenvalue weighted by Gasteiger charge is -2.29. The largest absolute Gasteiger partial charge is 0.493 e. The van der Waals surface area contributed by atoms with Crippen molar-refractivity contribution in [2.75, 3.05) is 6.61 Å². The molecule has 0 unspecified atom stereocenters. The summed E-state index contributed by atoms with van der Waals surface area (Å²) in [5, 5.41) is 0.742. The van der Waals surface area contributed by atoms with Gasteiger partial charge in [0.25, 0.3) is 0 Å². The summed E-state index contributed by atoms with van der Waals surface area (Å²) in [5.41, 5.74) is 6.71. The summed E-state index contributed by atoms with van der Waals surface area (Å²) in [7, 11) is 0. The Labute approximate surface area is 174 Å². The average Bonchev–Trinajstić information content (AvgIpc) is 3.49. The van der Waals surface area contributed by atoms with Crippen molar-refractivity contribution in [3.05, 3.63) is 28.8 Å². The van der Waals surface area contributed by atoms with Gasteiger partial charge in [0.1, 0.15) is 5.75 Å². The Kier molecular flexibility index (Phi) is 8.04. The van der Waals surface area contributed by atoms with Gasteiger partial charge < -0.3 is 15.2 Å². The molecule has 2 aliphatic rings. The van der Waals surface area contributed by atoms with E-state index in [9.17, 15) is 0 Å². The molecule has 0 aliphatic heterocycles. The quantitative estimate of drug-likeness (QED) is 0.397. The second-order valence-corrected chi connectivity index (χ2v) is 9.07. The van der Waals surface area contributed by atoms with E-state index in [4.69, 9.17) is 26.8 Å². The van der Waals surface area contributed by atoms with Crippen LogP contribution in [0.3, 0.4) is 0 Å². The van der Waals surface area contributed by atoms with E-state index >= 15 is 0 Å². The number of nitrogens with two attached hydrogens (primary N) is 1. The average molecular weight is 407 g/mol. The molecule has 0 saturated heterocycles. The van der Waals surface area contributed by atoms with Crippen LogP contribution in [0.15, 0.2) is 23.2 Å². The van der Waals surface area contributed by atoms with Crippen molar-refractivity contribution >= 4 is 17.4 Å². The minimum absolute atomic E-state index is 0.331. The standard InChI is InChI=1S/C23H35ClN2O2/c1-16(26-17(2)25)3-4-18-7-10-21(11-8-18)28-15-20-9-12-22(13-23(20)24)27-14-19-5-6-19/h9,12-13,16,18-19,21H,3-8,10-11,14-15H2,1-2H3,(H2,25,26)/t16-,18?,21?/m0/s1. The number of aliphatic imine (C=N–C) groups is 1. The third-order valence-corrected chi connectivity index (χ3v) is 6.24. The first kappa shape index (κ1) is 21.4. The molecule has 1 aromatic rings. The molecule has 0 heterocycles. The normalized spacial score (nSPS) is 24.2. The Bertz CT molecular complexity index is 648. The van der Waals surface area contributed by atoms with Gasteiger partial charge in [0.05, 0.1) is 25.2 Å². The fourth-order valence-corrected chi connectivity index (χ4v) is 4.14. The zero-order valence-electron chi connectivity index (χ0n) is 17.3. The summed E-state index contributed by atoms with van der Waals surface area (Å²) >= 11 is 6.43. The molecule has 1 aromatic carbocycles. The second-order valence-electron chi connectivity index (χ2n) is 8.66. The van der Waals surface area contributed by atoms with Gasteiger partial charge in [0, 0.05) is 11.1 Å². The molecule has 2 fully saturated rings. The number of ether oxygens (including phenoxy) is 2. The van der Waals surface area contributed by atoms with Crippen molar-refractivity contribution in [1.82, 2.24) is 0 Å². The van der Waals surface area contributed by atoms with E-state index in [1.807, 2.05) is 25.1 Å². The number of rotatable bonds is 10. The van der Waals surface area contributed by atoms with Gasteiger partial charge in [-0.1, -0.05) is 17.7 Å². The molecule has 0 amide bonds. The van der Waals surface area contributed by atoms with E-state index in [2.05, 4.69) is 11.9 Å². The van der Waals surface area contributed by atoms with E-state index in [1.165, 1.54) is 32.1 Å². The first-order chi connectivity index (χ1) is 13.5. The maximum Gasteiger partial charge on any atom is 0.120 e.